The van der Waals surface area contributed by atoms with Crippen LogP contribution in [-0.4, -0.2) is 21.6 Å². The van der Waals surface area contributed by atoms with Crippen molar-refractivity contribution in [2.24, 2.45) is 0 Å². The van der Waals surface area contributed by atoms with Crippen molar-refractivity contribution in [1.29, 1.82) is 0 Å². The summed E-state index contributed by atoms with van der Waals surface area (Å²) in [5.41, 5.74) is 2.06. The summed E-state index contributed by atoms with van der Waals surface area (Å²) >= 11 is 0. The van der Waals surface area contributed by atoms with Crippen molar-refractivity contribution in [3.05, 3.63) is 90.0 Å². The van der Waals surface area contributed by atoms with Gasteiger partial charge >= 0.3 is 5.97 Å². The molecule has 0 aliphatic heterocycles. The number of carboxylic acid groups (broad SMARTS) is 1. The van der Waals surface area contributed by atoms with Crippen LogP contribution in [0.5, 0.6) is 0 Å². The Hall–Kier alpha value is -3.41. The minimum Gasteiger partial charge on any atom is -0.481 e. The van der Waals surface area contributed by atoms with E-state index in [0.717, 1.165) is 5.69 Å². The maximum atomic E-state index is 13.2. The molecular weight excluding hydrogens is 347 g/mol. The number of hydrogen-bond acceptors (Lipinski definition) is 2. The third kappa shape index (κ3) is 4.82. The van der Waals surface area contributed by atoms with Crippen LogP contribution in [0.1, 0.15) is 34.8 Å². The third-order valence-corrected chi connectivity index (χ3v) is 4.26. The van der Waals surface area contributed by atoms with Gasteiger partial charge in [-0.25, -0.2) is 4.39 Å². The highest BCUT2D eigenvalue weighted by atomic mass is 19.1. The molecule has 5 nitrogen and oxygen atoms in total. The standard InChI is InChI=1S/C21H19FN2O3/c22-17-7-3-15(4-8-17)19(11-12-20(25)26)23-21(27)16-5-9-18(10-6-16)24-13-1-2-14-24/h1-10,13-14,19H,11-12H2,(H,23,27)(H,25,26). The molecular formula is C21H19FN2O3. The van der Waals surface area contributed by atoms with Gasteiger partial charge in [0, 0.05) is 30.1 Å². The van der Waals surface area contributed by atoms with Gasteiger partial charge in [-0.3, -0.25) is 9.59 Å². The van der Waals surface area contributed by atoms with Crippen molar-refractivity contribution in [1.82, 2.24) is 9.88 Å². The number of aliphatic carboxylic acids is 1. The Bertz CT molecular complexity index is 904. The van der Waals surface area contributed by atoms with E-state index in [1.165, 1.54) is 12.1 Å². The minimum atomic E-state index is -0.951. The number of rotatable bonds is 7. The van der Waals surface area contributed by atoms with E-state index in [9.17, 15) is 14.0 Å². The average molecular weight is 366 g/mol. The zero-order valence-electron chi connectivity index (χ0n) is 14.5. The summed E-state index contributed by atoms with van der Waals surface area (Å²) in [5, 5.41) is 11.8. The van der Waals surface area contributed by atoms with Gasteiger partial charge in [-0.15, -0.1) is 0 Å². The number of hydrogen-bond donors (Lipinski definition) is 2. The summed E-state index contributed by atoms with van der Waals surface area (Å²) in [6, 6.07) is 16.1. The molecule has 0 fully saturated rings. The van der Waals surface area contributed by atoms with Crippen molar-refractivity contribution in [2.75, 3.05) is 0 Å². The molecule has 2 N–H and O–H groups in total. The van der Waals surface area contributed by atoms with Gasteiger partial charge in [0.1, 0.15) is 5.82 Å². The molecule has 6 heteroatoms. The summed E-state index contributed by atoms with van der Waals surface area (Å²) < 4.78 is 15.1. The van der Waals surface area contributed by atoms with Crippen LogP contribution < -0.4 is 5.32 Å². The Morgan fingerprint density at radius 3 is 2.22 bits per heavy atom. The number of nitrogens with zero attached hydrogens (tertiary/aromatic N) is 1. The number of amides is 1. The molecule has 1 unspecified atom stereocenters. The lowest BCUT2D eigenvalue weighted by Crippen LogP contribution is -2.29. The molecule has 0 aliphatic carbocycles. The number of aromatic nitrogens is 1. The highest BCUT2D eigenvalue weighted by Crippen LogP contribution is 2.20. The minimum absolute atomic E-state index is 0.102. The largest absolute Gasteiger partial charge is 0.481 e. The van der Waals surface area contributed by atoms with Gasteiger partial charge in [-0.2, -0.15) is 0 Å². The number of benzene rings is 2. The van der Waals surface area contributed by atoms with Crippen LogP contribution in [0, 0.1) is 5.82 Å². The van der Waals surface area contributed by atoms with E-state index in [1.807, 2.05) is 41.2 Å². The molecule has 1 amide bonds. The molecule has 3 aromatic rings. The van der Waals surface area contributed by atoms with Gasteiger partial charge in [0.25, 0.3) is 5.91 Å². The second kappa shape index (κ2) is 8.31. The number of carboxylic acids is 1. The Labute approximate surface area is 156 Å². The van der Waals surface area contributed by atoms with Crippen LogP contribution in [0.2, 0.25) is 0 Å². The maximum absolute atomic E-state index is 13.2. The predicted octanol–water partition coefficient (Wildman–Crippen LogP) is 3.95. The molecule has 0 spiro atoms. The van der Waals surface area contributed by atoms with E-state index >= 15 is 0 Å². The van der Waals surface area contributed by atoms with Crippen LogP contribution >= 0.6 is 0 Å². The van der Waals surface area contributed by atoms with Crippen LogP contribution in [0.15, 0.2) is 73.1 Å². The lowest BCUT2D eigenvalue weighted by atomic mass is 10.0. The maximum Gasteiger partial charge on any atom is 0.303 e. The molecule has 0 saturated carbocycles. The highest BCUT2D eigenvalue weighted by Gasteiger charge is 2.17. The van der Waals surface area contributed by atoms with Gasteiger partial charge in [-0.05, 0) is 60.5 Å². The smallest absolute Gasteiger partial charge is 0.303 e. The first-order valence-corrected chi connectivity index (χ1v) is 8.54. The third-order valence-electron chi connectivity index (χ3n) is 4.26. The fraction of sp³-hybridized carbons (Fsp3) is 0.143. The summed E-state index contributed by atoms with van der Waals surface area (Å²) in [7, 11) is 0. The molecule has 3 rings (SSSR count). The Kier molecular flexibility index (Phi) is 5.66. The van der Waals surface area contributed by atoms with Crippen molar-refractivity contribution >= 4 is 11.9 Å². The summed E-state index contributed by atoms with van der Waals surface area (Å²) in [5.74, 6) is -1.65. The number of carbonyl (C=O) groups excluding carboxylic acids is 1. The second-order valence-electron chi connectivity index (χ2n) is 6.15. The average Bonchev–Trinajstić information content (AvgIpc) is 3.20. The normalized spacial score (nSPS) is 11.7. The zero-order valence-corrected chi connectivity index (χ0v) is 14.5. The van der Waals surface area contributed by atoms with E-state index in [-0.39, 0.29) is 24.6 Å². The van der Waals surface area contributed by atoms with Crippen molar-refractivity contribution < 1.29 is 19.1 Å². The molecule has 1 aromatic heterocycles. The topological polar surface area (TPSA) is 71.3 Å². The summed E-state index contributed by atoms with van der Waals surface area (Å²) in [6.07, 6.45) is 3.93. The van der Waals surface area contributed by atoms with Gasteiger partial charge in [-0.1, -0.05) is 12.1 Å². The first-order chi connectivity index (χ1) is 13.0. The molecule has 0 saturated heterocycles. The molecule has 138 valence electrons. The van der Waals surface area contributed by atoms with Crippen LogP contribution in [0.25, 0.3) is 5.69 Å². The van der Waals surface area contributed by atoms with Gasteiger partial charge in [0.2, 0.25) is 0 Å². The van der Waals surface area contributed by atoms with E-state index in [4.69, 9.17) is 5.11 Å². The molecule has 27 heavy (non-hydrogen) atoms. The van der Waals surface area contributed by atoms with E-state index in [1.54, 1.807) is 24.3 Å². The molecule has 0 radical (unpaired) electrons. The number of halogens is 1. The van der Waals surface area contributed by atoms with Gasteiger partial charge in [0.15, 0.2) is 0 Å². The van der Waals surface area contributed by atoms with Crippen molar-refractivity contribution in [3.63, 3.8) is 0 Å². The Morgan fingerprint density at radius 1 is 1.00 bits per heavy atom. The highest BCUT2D eigenvalue weighted by molar-refractivity contribution is 5.94. The number of carbonyl (C=O) groups is 2. The second-order valence-corrected chi connectivity index (χ2v) is 6.15. The van der Waals surface area contributed by atoms with Gasteiger partial charge < -0.3 is 15.0 Å². The SMILES string of the molecule is O=C(O)CCC(NC(=O)c1ccc(-n2cccc2)cc1)c1ccc(F)cc1. The Morgan fingerprint density at radius 2 is 1.63 bits per heavy atom. The monoisotopic (exact) mass is 366 g/mol. The van der Waals surface area contributed by atoms with Crippen LogP contribution in [-0.2, 0) is 4.79 Å². The lowest BCUT2D eigenvalue weighted by molar-refractivity contribution is -0.137. The van der Waals surface area contributed by atoms with Gasteiger partial charge in [0.05, 0.1) is 6.04 Å². The fourth-order valence-electron chi connectivity index (χ4n) is 2.82. The first-order valence-electron chi connectivity index (χ1n) is 8.54. The molecule has 1 atom stereocenters. The first kappa shape index (κ1) is 18.4. The molecule has 2 aromatic carbocycles. The van der Waals surface area contributed by atoms with E-state index < -0.39 is 12.0 Å². The summed E-state index contributed by atoms with van der Waals surface area (Å²) in [4.78, 5) is 23.5. The Balaban J connectivity index is 1.74. The van der Waals surface area contributed by atoms with E-state index in [0.29, 0.717) is 11.1 Å². The zero-order chi connectivity index (χ0) is 19.2. The van der Waals surface area contributed by atoms with Crippen LogP contribution in [0.3, 0.4) is 0 Å². The molecule has 0 bridgehead atoms. The summed E-state index contributed by atoms with van der Waals surface area (Å²) in [6.45, 7) is 0. The fourth-order valence-corrected chi connectivity index (χ4v) is 2.82. The molecule has 1 heterocycles. The number of nitrogens with one attached hydrogen (secondary N) is 1. The lowest BCUT2D eigenvalue weighted by Gasteiger charge is -2.19. The van der Waals surface area contributed by atoms with Crippen molar-refractivity contribution in [2.45, 2.75) is 18.9 Å². The molecule has 0 aliphatic rings. The van der Waals surface area contributed by atoms with Crippen molar-refractivity contribution in [3.8, 4) is 5.69 Å². The quantitative estimate of drug-likeness (QED) is 0.665. The van der Waals surface area contributed by atoms with Crippen LogP contribution in [0.4, 0.5) is 4.39 Å². The van der Waals surface area contributed by atoms with E-state index in [2.05, 4.69) is 5.32 Å². The predicted molar refractivity (Wildman–Crippen MR) is 99.2 cm³/mol.